The highest BCUT2D eigenvalue weighted by atomic mass is 35.5. The van der Waals surface area contributed by atoms with Crippen LogP contribution in [-0.2, 0) is 10.9 Å². The number of thiol groups is 1. The van der Waals surface area contributed by atoms with Gasteiger partial charge in [0.25, 0.3) is 0 Å². The summed E-state index contributed by atoms with van der Waals surface area (Å²) in [6, 6.07) is 11.9. The van der Waals surface area contributed by atoms with Gasteiger partial charge in [-0.2, -0.15) is 0 Å². The second-order valence-corrected chi connectivity index (χ2v) is 12.1. The summed E-state index contributed by atoms with van der Waals surface area (Å²) in [5.74, 6) is 0.127. The molecule has 0 amide bonds. The van der Waals surface area contributed by atoms with E-state index >= 15 is 4.39 Å². The number of nitrogens with two attached hydrogens (primary N) is 2. The molecular formula is C30H37ClFN7O2S. The fraction of sp³-hybridized carbons (Fsp3) is 0.400. The zero-order valence-corrected chi connectivity index (χ0v) is 25.5. The largest absolute Gasteiger partial charge is 0.383 e. The number of hydrogen-bond acceptors (Lipinski definition) is 7. The lowest BCUT2D eigenvalue weighted by atomic mass is 9.89. The first-order valence-electron chi connectivity index (χ1n) is 14.1. The van der Waals surface area contributed by atoms with Gasteiger partial charge >= 0.3 is 0 Å². The van der Waals surface area contributed by atoms with E-state index in [0.717, 1.165) is 72.3 Å². The molecule has 0 unspecified atom stereocenters. The first-order chi connectivity index (χ1) is 20.1. The molecule has 4 N–H and O–H groups in total. The molecule has 2 aromatic carbocycles. The Bertz CT molecular complexity index is 1640. The number of aromatic nitrogens is 3. The van der Waals surface area contributed by atoms with Gasteiger partial charge in [0.15, 0.2) is 10.9 Å². The van der Waals surface area contributed by atoms with Crippen LogP contribution in [0.25, 0.3) is 33.3 Å². The van der Waals surface area contributed by atoms with Crippen molar-refractivity contribution in [2.75, 3.05) is 39.0 Å². The van der Waals surface area contributed by atoms with Crippen molar-refractivity contribution in [3.05, 3.63) is 65.3 Å². The van der Waals surface area contributed by atoms with Gasteiger partial charge in [0.05, 0.1) is 5.39 Å². The van der Waals surface area contributed by atoms with Crippen molar-refractivity contribution in [1.29, 1.82) is 0 Å². The molecule has 0 atom stereocenters. The van der Waals surface area contributed by atoms with Gasteiger partial charge in [0.1, 0.15) is 23.6 Å². The van der Waals surface area contributed by atoms with E-state index in [-0.39, 0.29) is 5.82 Å². The summed E-state index contributed by atoms with van der Waals surface area (Å²) >= 11 is 6.30. The molecule has 224 valence electrons. The minimum absolute atomic E-state index is 0.295. The first-order valence-corrected chi connectivity index (χ1v) is 15.7. The third-order valence-electron chi connectivity index (χ3n) is 8.59. The molecule has 9 nitrogen and oxygen atoms in total. The standard InChI is InChI=1S/C30H34ClFN6.H3NO2S/c1-19-23(4-3-5-26(19)31)24-11-6-20(16-27(24)32)25-17-38(30-28(25)29(33)34-18-35-30)22-9-7-21(8-10-22)37-14-12-36(2)13-15-37;1-4(2)3/h3-6,11,16-18,21-22H,7-10,12-15H2,1-2H3,(H2,33,34,35);4H,(H2,1,2,3). The third-order valence-corrected chi connectivity index (χ3v) is 9.00. The Morgan fingerprint density at radius 1 is 0.952 bits per heavy atom. The smallest absolute Gasteiger partial charge is 0.198 e. The van der Waals surface area contributed by atoms with Gasteiger partial charge in [-0.05, 0) is 68.5 Å². The molecule has 2 fully saturated rings. The first kappa shape index (κ1) is 30.4. The van der Waals surface area contributed by atoms with Crippen LogP contribution in [0.1, 0.15) is 37.3 Å². The third kappa shape index (κ3) is 6.45. The molecule has 2 aromatic heterocycles. The molecule has 2 aliphatic rings. The van der Waals surface area contributed by atoms with Crippen LogP contribution >= 0.6 is 11.6 Å². The number of halogens is 2. The predicted molar refractivity (Wildman–Crippen MR) is 167 cm³/mol. The number of benzene rings is 2. The normalized spacial score (nSPS) is 20.0. The van der Waals surface area contributed by atoms with Crippen LogP contribution in [0, 0.1) is 12.7 Å². The Morgan fingerprint density at radius 3 is 2.29 bits per heavy atom. The van der Waals surface area contributed by atoms with Crippen molar-refractivity contribution >= 4 is 39.3 Å². The summed E-state index contributed by atoms with van der Waals surface area (Å²) in [5, 5.41) is 5.48. The maximum Gasteiger partial charge on any atom is 0.198 e. The summed E-state index contributed by atoms with van der Waals surface area (Å²) in [5.41, 5.74) is 11.0. The molecule has 0 spiro atoms. The van der Waals surface area contributed by atoms with E-state index in [4.69, 9.17) is 25.8 Å². The van der Waals surface area contributed by atoms with Crippen molar-refractivity contribution in [2.45, 2.75) is 44.7 Å². The number of piperazine rings is 1. The maximum atomic E-state index is 15.5. The lowest BCUT2D eigenvalue weighted by Crippen LogP contribution is -2.49. The van der Waals surface area contributed by atoms with E-state index in [2.05, 4.69) is 42.7 Å². The van der Waals surface area contributed by atoms with Crippen LogP contribution in [0.5, 0.6) is 0 Å². The molecule has 0 bridgehead atoms. The number of likely N-dealkylation sites (N-methyl/N-ethyl adjacent to an activating group) is 1. The van der Waals surface area contributed by atoms with E-state index in [0.29, 0.717) is 28.5 Å². The second kappa shape index (κ2) is 13.0. The fourth-order valence-corrected chi connectivity index (χ4v) is 6.47. The molecule has 4 aromatic rings. The zero-order chi connectivity index (χ0) is 30.0. The number of fused-ring (bicyclic) bond motifs is 1. The topological polar surface area (TPSA) is 123 Å². The van der Waals surface area contributed by atoms with E-state index < -0.39 is 10.9 Å². The van der Waals surface area contributed by atoms with Crippen molar-refractivity contribution in [3.8, 4) is 22.3 Å². The summed E-state index contributed by atoms with van der Waals surface area (Å²) in [6.07, 6.45) is 8.16. The van der Waals surface area contributed by atoms with Gasteiger partial charge in [0, 0.05) is 60.6 Å². The average Bonchev–Trinajstić information content (AvgIpc) is 3.36. The van der Waals surface area contributed by atoms with E-state index in [1.165, 1.54) is 19.2 Å². The predicted octanol–water partition coefficient (Wildman–Crippen LogP) is 4.65. The van der Waals surface area contributed by atoms with Gasteiger partial charge in [-0.15, -0.1) is 0 Å². The molecule has 1 aliphatic heterocycles. The van der Waals surface area contributed by atoms with E-state index in [9.17, 15) is 0 Å². The van der Waals surface area contributed by atoms with Crippen molar-refractivity contribution in [1.82, 2.24) is 24.3 Å². The van der Waals surface area contributed by atoms with Crippen LogP contribution in [0.2, 0.25) is 5.02 Å². The maximum absolute atomic E-state index is 15.5. The van der Waals surface area contributed by atoms with E-state index in [1.807, 2.05) is 37.3 Å². The lowest BCUT2D eigenvalue weighted by Gasteiger charge is -2.41. The van der Waals surface area contributed by atoms with Crippen LogP contribution < -0.4 is 10.9 Å². The van der Waals surface area contributed by atoms with Gasteiger partial charge in [-0.1, -0.05) is 35.9 Å². The SMILES string of the molecule is Cc1c(Cl)cccc1-c1ccc(-c2cn(C3CCC(N4CCN(C)CC4)CC3)c3ncnc(N)c23)cc1F.N[SH](=O)=O. The number of nitrogen functional groups attached to an aromatic ring is 1. The molecule has 1 aliphatic carbocycles. The molecule has 1 saturated heterocycles. The lowest BCUT2D eigenvalue weighted by molar-refractivity contribution is 0.0828. The van der Waals surface area contributed by atoms with Crippen LogP contribution in [-0.4, -0.2) is 72.0 Å². The summed E-state index contributed by atoms with van der Waals surface area (Å²) in [4.78, 5) is 14.0. The Kier molecular flexibility index (Phi) is 9.44. The number of anilines is 1. The molecular weight excluding hydrogens is 577 g/mol. The van der Waals surface area contributed by atoms with E-state index in [1.54, 1.807) is 6.07 Å². The quantitative estimate of drug-likeness (QED) is 0.286. The Hall–Kier alpha value is -3.09. The summed E-state index contributed by atoms with van der Waals surface area (Å²) < 4.78 is 35.4. The summed E-state index contributed by atoms with van der Waals surface area (Å²) in [7, 11) is -0.418. The zero-order valence-electron chi connectivity index (χ0n) is 23.8. The Labute approximate surface area is 252 Å². The highest BCUT2D eigenvalue weighted by Gasteiger charge is 2.30. The molecule has 3 heterocycles. The molecule has 0 radical (unpaired) electrons. The van der Waals surface area contributed by atoms with Crippen LogP contribution in [0.3, 0.4) is 0 Å². The molecule has 6 rings (SSSR count). The van der Waals surface area contributed by atoms with Gasteiger partial charge in [0.2, 0.25) is 0 Å². The van der Waals surface area contributed by atoms with Crippen LogP contribution in [0.4, 0.5) is 10.2 Å². The highest BCUT2D eigenvalue weighted by molar-refractivity contribution is 7.69. The van der Waals surface area contributed by atoms with Crippen molar-refractivity contribution in [2.24, 2.45) is 5.14 Å². The molecule has 1 saturated carbocycles. The Morgan fingerprint density at radius 2 is 1.62 bits per heavy atom. The molecule has 42 heavy (non-hydrogen) atoms. The van der Waals surface area contributed by atoms with Gasteiger partial charge in [-0.25, -0.2) is 27.9 Å². The highest BCUT2D eigenvalue weighted by Crippen LogP contribution is 2.40. The van der Waals surface area contributed by atoms with Gasteiger partial charge < -0.3 is 15.2 Å². The van der Waals surface area contributed by atoms with Crippen molar-refractivity contribution < 1.29 is 12.8 Å². The van der Waals surface area contributed by atoms with Crippen molar-refractivity contribution in [3.63, 3.8) is 0 Å². The number of rotatable bonds is 4. The Balaban J connectivity index is 0.000000830. The number of nitrogens with zero attached hydrogens (tertiary/aromatic N) is 5. The second-order valence-electron chi connectivity index (χ2n) is 11.1. The average molecular weight is 614 g/mol. The monoisotopic (exact) mass is 613 g/mol. The molecule has 12 heteroatoms. The van der Waals surface area contributed by atoms with Crippen LogP contribution in [0.15, 0.2) is 48.9 Å². The van der Waals surface area contributed by atoms with Gasteiger partial charge in [-0.3, -0.25) is 4.90 Å². The number of hydrogen-bond donors (Lipinski definition) is 3. The minimum atomic E-state index is -2.62. The minimum Gasteiger partial charge on any atom is -0.383 e. The fourth-order valence-electron chi connectivity index (χ4n) is 6.29. The summed E-state index contributed by atoms with van der Waals surface area (Å²) in [6.45, 7) is 6.52.